The summed E-state index contributed by atoms with van der Waals surface area (Å²) in [6, 6.07) is 0. The summed E-state index contributed by atoms with van der Waals surface area (Å²) < 4.78 is 10.5. The monoisotopic (exact) mass is 366 g/mol. The summed E-state index contributed by atoms with van der Waals surface area (Å²) in [6.07, 6.45) is -0.181. The molecule has 0 spiro atoms. The molecule has 0 atom stereocenters. The fourth-order valence-electron chi connectivity index (χ4n) is 1.55. The van der Waals surface area contributed by atoms with E-state index in [1.165, 1.54) is 10.8 Å². The third-order valence-corrected chi connectivity index (χ3v) is 3.29. The first-order valence-electron chi connectivity index (χ1n) is 7.66. The molecule has 6 nitrogen and oxygen atoms in total. The molecule has 0 rings (SSSR count). The van der Waals surface area contributed by atoms with Gasteiger partial charge in [-0.2, -0.15) is 0 Å². The summed E-state index contributed by atoms with van der Waals surface area (Å²) in [4.78, 5) is 25.3. The van der Waals surface area contributed by atoms with Crippen LogP contribution in [0.4, 0.5) is 9.59 Å². The van der Waals surface area contributed by atoms with Gasteiger partial charge in [0.05, 0.1) is 0 Å². The van der Waals surface area contributed by atoms with E-state index in [9.17, 15) is 9.59 Å². The molecule has 0 aliphatic rings. The molecule has 0 bridgehead atoms. The highest BCUT2D eigenvalue weighted by Crippen LogP contribution is 2.12. The summed E-state index contributed by atoms with van der Waals surface area (Å²) in [6.45, 7) is 12.4. The van der Waals surface area contributed by atoms with Crippen molar-refractivity contribution in [2.45, 2.75) is 59.2 Å². The molecule has 0 aromatic carbocycles. The molecule has 23 heavy (non-hydrogen) atoms. The van der Waals surface area contributed by atoms with E-state index in [0.717, 1.165) is 0 Å². The Bertz CT molecular complexity index is 379. The largest absolute Gasteiger partial charge is 0.444 e. The fourth-order valence-corrected chi connectivity index (χ4v) is 2.09. The zero-order chi connectivity index (χ0) is 18.1. The van der Waals surface area contributed by atoms with Gasteiger partial charge in [0, 0.05) is 25.4 Å². The molecule has 0 saturated carbocycles. The van der Waals surface area contributed by atoms with Crippen LogP contribution in [0, 0.1) is 0 Å². The van der Waals surface area contributed by atoms with Gasteiger partial charge >= 0.3 is 12.2 Å². The van der Waals surface area contributed by atoms with Crippen molar-refractivity contribution in [3.63, 3.8) is 0 Å². The number of nitrogens with one attached hydrogen (secondary N) is 1. The Morgan fingerprint density at radius 2 is 1.61 bits per heavy atom. The SMILES string of the molecule is CC(C)(C)OC(=O)NCCCN(CCSS)C(=O)OC(C)(C)C. The summed E-state index contributed by atoms with van der Waals surface area (Å²) in [5.74, 6) is 0.710. The highest BCUT2D eigenvalue weighted by molar-refractivity contribution is 8.68. The number of thiol groups is 1. The molecule has 2 amide bonds. The molecule has 0 unspecified atom stereocenters. The first-order chi connectivity index (χ1) is 10.4. The Hall–Kier alpha value is -0.760. The number of carbonyl (C=O) groups is 2. The van der Waals surface area contributed by atoms with E-state index in [1.54, 1.807) is 4.90 Å². The van der Waals surface area contributed by atoms with Gasteiger partial charge in [-0.3, -0.25) is 0 Å². The average molecular weight is 367 g/mol. The van der Waals surface area contributed by atoms with Crippen molar-refractivity contribution in [1.29, 1.82) is 0 Å². The van der Waals surface area contributed by atoms with Gasteiger partial charge in [0.2, 0.25) is 0 Å². The number of alkyl carbamates (subject to hydrolysis) is 1. The Morgan fingerprint density at radius 3 is 2.09 bits per heavy atom. The molecule has 136 valence electrons. The van der Waals surface area contributed by atoms with Crippen molar-refractivity contribution in [3.05, 3.63) is 0 Å². The molecular weight excluding hydrogens is 336 g/mol. The minimum Gasteiger partial charge on any atom is -0.444 e. The van der Waals surface area contributed by atoms with Gasteiger partial charge in [0.1, 0.15) is 11.2 Å². The van der Waals surface area contributed by atoms with Gasteiger partial charge in [0.15, 0.2) is 0 Å². The topological polar surface area (TPSA) is 67.9 Å². The number of amides is 2. The van der Waals surface area contributed by atoms with Crippen LogP contribution in [0.15, 0.2) is 0 Å². The van der Waals surface area contributed by atoms with Gasteiger partial charge in [-0.15, -0.1) is 11.7 Å². The van der Waals surface area contributed by atoms with Crippen molar-refractivity contribution >= 4 is 34.6 Å². The van der Waals surface area contributed by atoms with Gasteiger partial charge in [-0.05, 0) is 48.0 Å². The molecule has 8 heteroatoms. The Labute approximate surface area is 148 Å². The first-order valence-corrected chi connectivity index (χ1v) is 9.69. The van der Waals surface area contributed by atoms with E-state index >= 15 is 0 Å². The molecule has 0 heterocycles. The molecule has 0 fully saturated rings. The third kappa shape index (κ3) is 13.4. The van der Waals surface area contributed by atoms with E-state index in [2.05, 4.69) is 17.0 Å². The van der Waals surface area contributed by atoms with E-state index < -0.39 is 17.3 Å². The maximum absolute atomic E-state index is 12.1. The highest BCUT2D eigenvalue weighted by atomic mass is 33.1. The molecular formula is C15H30N2O4S2. The first kappa shape index (κ1) is 22.2. The van der Waals surface area contributed by atoms with Crippen LogP contribution in [0.25, 0.3) is 0 Å². The molecule has 0 radical (unpaired) electrons. The van der Waals surface area contributed by atoms with Crippen LogP contribution in [0.5, 0.6) is 0 Å². The van der Waals surface area contributed by atoms with E-state index in [4.69, 9.17) is 9.47 Å². The summed E-state index contributed by atoms with van der Waals surface area (Å²) in [5.41, 5.74) is -1.05. The number of ether oxygens (including phenoxy) is 2. The average Bonchev–Trinajstić information content (AvgIpc) is 2.33. The van der Waals surface area contributed by atoms with Gasteiger partial charge in [0.25, 0.3) is 0 Å². The van der Waals surface area contributed by atoms with Gasteiger partial charge < -0.3 is 19.7 Å². The lowest BCUT2D eigenvalue weighted by Crippen LogP contribution is -2.40. The van der Waals surface area contributed by atoms with Crippen molar-refractivity contribution in [3.8, 4) is 0 Å². The van der Waals surface area contributed by atoms with Crippen LogP contribution in [0.3, 0.4) is 0 Å². The zero-order valence-electron chi connectivity index (χ0n) is 15.0. The summed E-state index contributed by atoms with van der Waals surface area (Å²) in [5, 5.41) is 2.68. The predicted octanol–water partition coefficient (Wildman–Crippen LogP) is 3.72. The Morgan fingerprint density at radius 1 is 1.04 bits per heavy atom. The minimum atomic E-state index is -0.530. The fraction of sp³-hybridized carbons (Fsp3) is 0.867. The van der Waals surface area contributed by atoms with Crippen molar-refractivity contribution in [2.24, 2.45) is 0 Å². The van der Waals surface area contributed by atoms with Gasteiger partial charge in [-0.1, -0.05) is 10.8 Å². The second-order valence-electron chi connectivity index (χ2n) is 7.08. The molecule has 0 saturated heterocycles. The molecule has 0 aliphatic carbocycles. The smallest absolute Gasteiger partial charge is 0.410 e. The molecule has 0 aromatic heterocycles. The Balaban J connectivity index is 4.25. The summed E-state index contributed by atoms with van der Waals surface area (Å²) >= 11 is 4.09. The lowest BCUT2D eigenvalue weighted by molar-refractivity contribution is 0.0260. The molecule has 1 N–H and O–H groups in total. The lowest BCUT2D eigenvalue weighted by Gasteiger charge is -2.27. The van der Waals surface area contributed by atoms with Crippen molar-refractivity contribution < 1.29 is 19.1 Å². The standard InChI is InChI=1S/C15H30N2O4S2/c1-14(2,3)20-12(18)16-8-7-9-17(10-11-23-22)13(19)21-15(4,5)6/h22H,7-11H2,1-6H3,(H,16,18). The predicted molar refractivity (Wildman–Crippen MR) is 98.1 cm³/mol. The van der Waals surface area contributed by atoms with Gasteiger partial charge in [-0.25, -0.2) is 9.59 Å². The van der Waals surface area contributed by atoms with E-state index in [0.29, 0.717) is 31.8 Å². The van der Waals surface area contributed by atoms with E-state index in [1.807, 2.05) is 41.5 Å². The van der Waals surface area contributed by atoms with E-state index in [-0.39, 0.29) is 6.09 Å². The second kappa shape index (κ2) is 10.2. The van der Waals surface area contributed by atoms with Crippen LogP contribution in [0.2, 0.25) is 0 Å². The van der Waals surface area contributed by atoms with Crippen LogP contribution in [-0.2, 0) is 9.47 Å². The number of nitrogens with zero attached hydrogens (tertiary/aromatic N) is 1. The number of hydrogen-bond acceptors (Lipinski definition) is 6. The molecule has 0 aromatic rings. The zero-order valence-corrected chi connectivity index (χ0v) is 16.7. The number of rotatable bonds is 7. The second-order valence-corrected chi connectivity index (χ2v) is 8.52. The van der Waals surface area contributed by atoms with Crippen LogP contribution >= 0.6 is 22.5 Å². The van der Waals surface area contributed by atoms with Crippen molar-refractivity contribution in [2.75, 3.05) is 25.4 Å². The maximum atomic E-state index is 12.1. The third-order valence-electron chi connectivity index (χ3n) is 2.38. The quantitative estimate of drug-likeness (QED) is 0.408. The molecule has 0 aliphatic heterocycles. The minimum absolute atomic E-state index is 0.350. The summed E-state index contributed by atoms with van der Waals surface area (Å²) in [7, 11) is 1.37. The van der Waals surface area contributed by atoms with Crippen LogP contribution in [-0.4, -0.2) is 53.7 Å². The normalized spacial score (nSPS) is 11.8. The van der Waals surface area contributed by atoms with Crippen molar-refractivity contribution in [1.82, 2.24) is 10.2 Å². The number of hydrogen-bond donors (Lipinski definition) is 2. The van der Waals surface area contributed by atoms with Crippen LogP contribution in [0.1, 0.15) is 48.0 Å². The Kier molecular flexibility index (Phi) is 9.84. The van der Waals surface area contributed by atoms with Crippen LogP contribution < -0.4 is 5.32 Å². The highest BCUT2D eigenvalue weighted by Gasteiger charge is 2.22. The maximum Gasteiger partial charge on any atom is 0.410 e. The lowest BCUT2D eigenvalue weighted by atomic mass is 10.2. The number of carbonyl (C=O) groups excluding carboxylic acids is 2.